The van der Waals surface area contributed by atoms with E-state index in [1.807, 2.05) is 0 Å². The Kier molecular flexibility index (Phi) is 17.0. The third kappa shape index (κ3) is 12.3. The Morgan fingerprint density at radius 2 is 1.04 bits per heavy atom. The summed E-state index contributed by atoms with van der Waals surface area (Å²) >= 11 is 5.17. The van der Waals surface area contributed by atoms with E-state index in [4.69, 9.17) is 36.3 Å². The molecule has 0 spiro atoms. The Morgan fingerprint density at radius 3 is 1.35 bits per heavy atom. The van der Waals surface area contributed by atoms with Crippen molar-refractivity contribution < 1.29 is 97.7 Å². The summed E-state index contributed by atoms with van der Waals surface area (Å²) in [7, 11) is 2.96. The minimum Gasteiger partial charge on any atom is -0.549 e. The molecule has 0 unspecified atom stereocenters. The van der Waals surface area contributed by atoms with Gasteiger partial charge in [-0.05, 0) is 130 Å². The number of nitrogens with zero attached hydrogens (tertiary/aromatic N) is 2. The van der Waals surface area contributed by atoms with E-state index in [2.05, 4.69) is 9.97 Å². The number of carboxylic acids is 2. The van der Waals surface area contributed by atoms with Gasteiger partial charge in [0.15, 0.2) is 28.8 Å². The average Bonchev–Trinajstić information content (AvgIpc) is 4.16. The summed E-state index contributed by atoms with van der Waals surface area (Å²) in [6.45, 7) is 2.70. The van der Waals surface area contributed by atoms with Gasteiger partial charge in [0.25, 0.3) is 0 Å². The number of carbonyl (C=O) groups is 6. The zero-order chi connectivity index (χ0) is 49.6. The molecule has 0 radical (unpaired) electrons. The molecule has 19 heteroatoms. The third-order valence-corrected chi connectivity index (χ3v) is 12.3. The zero-order valence-corrected chi connectivity index (χ0v) is 41.1. The first-order valence-electron chi connectivity index (χ1n) is 21.1. The fourth-order valence-electron chi connectivity index (χ4n) is 6.97. The van der Waals surface area contributed by atoms with Crippen LogP contribution in [0.3, 0.4) is 0 Å². The molecular formula is C50H47ClN3NaO14. The minimum atomic E-state index is -1.21. The largest absolute Gasteiger partial charge is 1.00 e. The Balaban J connectivity index is 0.000000192. The number of rotatable bonds is 14. The number of benzene rings is 4. The Morgan fingerprint density at radius 1 is 0.638 bits per heavy atom. The summed E-state index contributed by atoms with van der Waals surface area (Å²) in [5.41, 5.74) is 5.31. The number of pyridine rings is 2. The van der Waals surface area contributed by atoms with Crippen LogP contribution in [-0.2, 0) is 35.2 Å². The molecule has 2 heterocycles. The predicted molar refractivity (Wildman–Crippen MR) is 246 cm³/mol. The number of ether oxygens (including phenoxy) is 4. The number of anilines is 1. The van der Waals surface area contributed by atoms with Gasteiger partial charge in [0.1, 0.15) is 45.4 Å². The predicted octanol–water partition coefficient (Wildman–Crippen LogP) is 4.27. The SMILES string of the molecule is CC(=O)C1(C(=O)Cl)CC1.CC(=O)C1(C(=O)[O-])CC1.COc1cc2nccc(Oc3ccc(CC(=O)C4(C(=O)O)CC4)cc3)c2cc1O.COc1cc2nccc(Oc3ccc(N)cc3)c2cc1O.[Na+]. The minimum absolute atomic E-state index is 0. The van der Waals surface area contributed by atoms with Crippen molar-refractivity contribution in [3.63, 3.8) is 0 Å². The van der Waals surface area contributed by atoms with E-state index >= 15 is 0 Å². The summed E-state index contributed by atoms with van der Waals surface area (Å²) in [6.07, 6.45) is 6.36. The second kappa shape index (κ2) is 22.1. The number of methoxy groups -OCH3 is 2. The van der Waals surface area contributed by atoms with Gasteiger partial charge in [-0.3, -0.25) is 33.9 Å². The number of phenols is 2. The smallest absolute Gasteiger partial charge is 0.549 e. The number of nitrogens with two attached hydrogens (primary N) is 1. The Labute approximate surface area is 422 Å². The van der Waals surface area contributed by atoms with E-state index in [0.29, 0.717) is 101 Å². The molecule has 4 aromatic carbocycles. The number of aromatic nitrogens is 2. The fraction of sp³-hybridized carbons (Fsp3) is 0.280. The molecule has 0 aliphatic heterocycles. The van der Waals surface area contributed by atoms with Crippen LogP contribution in [-0.4, -0.2) is 74.0 Å². The van der Waals surface area contributed by atoms with Crippen LogP contribution >= 0.6 is 11.6 Å². The Hall–Kier alpha value is -6.79. The van der Waals surface area contributed by atoms with Crippen LogP contribution in [0.5, 0.6) is 46.0 Å². The number of Topliss-reactive ketones (excluding diaryl/α,β-unsaturated/α-hetero) is 3. The number of phenolic OH excluding ortho intramolecular Hbond substituents is 2. The molecule has 5 N–H and O–H groups in total. The van der Waals surface area contributed by atoms with Crippen LogP contribution < -0.4 is 59.3 Å². The van der Waals surface area contributed by atoms with Crippen LogP contribution in [0.1, 0.15) is 57.9 Å². The van der Waals surface area contributed by atoms with Gasteiger partial charge >= 0.3 is 35.5 Å². The first-order chi connectivity index (χ1) is 32.3. The van der Waals surface area contributed by atoms with Crippen molar-refractivity contribution in [2.24, 2.45) is 16.2 Å². The summed E-state index contributed by atoms with van der Waals surface area (Å²) in [4.78, 5) is 74.0. The maximum Gasteiger partial charge on any atom is 1.00 e. The number of carboxylic acid groups (broad SMARTS) is 2. The van der Waals surface area contributed by atoms with Gasteiger partial charge in [-0.25, -0.2) is 0 Å². The van der Waals surface area contributed by atoms with Gasteiger partial charge in [-0.1, -0.05) is 12.1 Å². The van der Waals surface area contributed by atoms with Gasteiger partial charge in [-0.15, -0.1) is 0 Å². The fourth-order valence-corrected chi connectivity index (χ4v) is 7.29. The number of halogens is 1. The number of hydrogen-bond acceptors (Lipinski definition) is 16. The molecule has 17 nitrogen and oxygen atoms in total. The molecule has 69 heavy (non-hydrogen) atoms. The normalized spacial score (nSPS) is 14.7. The van der Waals surface area contributed by atoms with Crippen molar-refractivity contribution in [3.8, 4) is 46.0 Å². The number of nitrogen functional groups attached to an aromatic ring is 1. The molecule has 2 aromatic heterocycles. The second-order valence-corrected chi connectivity index (χ2v) is 16.8. The van der Waals surface area contributed by atoms with Crippen LogP contribution in [0, 0.1) is 16.2 Å². The van der Waals surface area contributed by atoms with E-state index in [1.165, 1.54) is 34.1 Å². The number of fused-ring (bicyclic) bond motifs is 2. The van der Waals surface area contributed by atoms with Crippen molar-refractivity contribution in [2.75, 3.05) is 20.0 Å². The van der Waals surface area contributed by atoms with Gasteiger partial charge in [0, 0.05) is 47.4 Å². The molecule has 354 valence electrons. The topological polar surface area (TPSA) is 275 Å². The van der Waals surface area contributed by atoms with Crippen LogP contribution in [0.15, 0.2) is 97.3 Å². The molecular weight excluding hydrogens is 925 g/mol. The summed E-state index contributed by atoms with van der Waals surface area (Å²) in [5.74, 6) is 0.165. The van der Waals surface area contributed by atoms with Gasteiger partial charge in [-0.2, -0.15) is 0 Å². The first-order valence-corrected chi connectivity index (χ1v) is 21.5. The summed E-state index contributed by atoms with van der Waals surface area (Å²) in [6, 6.07) is 23.9. The molecule has 9 rings (SSSR count). The Bertz CT molecular complexity index is 2840. The van der Waals surface area contributed by atoms with Crippen LogP contribution in [0.2, 0.25) is 0 Å². The molecule has 6 aromatic rings. The maximum atomic E-state index is 12.3. The second-order valence-electron chi connectivity index (χ2n) is 16.4. The van der Waals surface area contributed by atoms with Crippen LogP contribution in [0.4, 0.5) is 5.69 Å². The van der Waals surface area contributed by atoms with Crippen molar-refractivity contribution >= 4 is 73.6 Å². The molecule has 3 saturated carbocycles. The van der Waals surface area contributed by atoms with Crippen molar-refractivity contribution in [1.82, 2.24) is 9.97 Å². The van der Waals surface area contributed by atoms with Gasteiger partial charge < -0.3 is 49.9 Å². The van der Waals surface area contributed by atoms with Crippen LogP contribution in [0.25, 0.3) is 21.8 Å². The number of hydrogen-bond donors (Lipinski definition) is 4. The number of carbonyl (C=O) groups excluding carboxylic acids is 5. The number of aliphatic carboxylic acids is 2. The standard InChI is InChI=1S/C22H19NO6.C16H14N2O3.C6H7ClO2.C6H8O3.Na/c1-28-19-12-16-15(11-17(19)24)18(6-9-23-16)29-14-4-2-13(3-5-14)10-20(25)22(7-8-22)21(26)27;1-20-16-9-13-12(8-14(16)19)15(6-7-18-13)21-11-4-2-10(17)3-5-11;1-4(8)6(2-3-6)5(7)9;1-4(7)6(2-3-6)5(8)9;/h2-6,9,11-12,24H,7-8,10H2,1H3,(H,26,27);2-9,19H,17H2,1H3;2-3H2,1H3;2-3H2,1H3,(H,8,9);/q;;;;+1/p-1. The average molecular weight is 972 g/mol. The van der Waals surface area contributed by atoms with E-state index in [9.17, 15) is 49.2 Å². The maximum absolute atomic E-state index is 12.3. The van der Waals surface area contributed by atoms with E-state index in [-0.39, 0.29) is 64.8 Å². The molecule has 3 aliphatic rings. The molecule has 3 fully saturated rings. The quantitative estimate of drug-likeness (QED) is 0.0513. The first kappa shape index (κ1) is 53.2. The monoisotopic (exact) mass is 971 g/mol. The third-order valence-electron chi connectivity index (χ3n) is 11.9. The molecule has 0 atom stereocenters. The zero-order valence-electron chi connectivity index (χ0n) is 38.4. The van der Waals surface area contributed by atoms with Crippen molar-refractivity contribution in [3.05, 3.63) is 103 Å². The number of aromatic hydroxyl groups is 2. The molecule has 0 amide bonds. The van der Waals surface area contributed by atoms with Gasteiger partial charge in [0.2, 0.25) is 5.24 Å². The molecule has 0 saturated heterocycles. The summed E-state index contributed by atoms with van der Waals surface area (Å²) in [5, 5.41) is 40.2. The summed E-state index contributed by atoms with van der Waals surface area (Å²) < 4.78 is 21.9. The van der Waals surface area contributed by atoms with Gasteiger partial charge in [0.05, 0.1) is 36.6 Å². The van der Waals surface area contributed by atoms with E-state index < -0.39 is 33.4 Å². The van der Waals surface area contributed by atoms with Crippen molar-refractivity contribution in [1.29, 1.82) is 0 Å². The number of ketones is 3. The molecule has 0 bridgehead atoms. The molecule has 3 aliphatic carbocycles. The van der Waals surface area contributed by atoms with Crippen molar-refractivity contribution in [2.45, 2.75) is 58.8 Å². The van der Waals surface area contributed by atoms with E-state index in [1.54, 1.807) is 91.3 Å². The van der Waals surface area contributed by atoms with E-state index in [0.717, 1.165) is 5.56 Å².